The molecule has 0 bridgehead atoms. The normalized spacial score (nSPS) is 10.5. The minimum atomic E-state index is -0.519. The quantitative estimate of drug-likeness (QED) is 0.636. The van der Waals surface area contributed by atoms with Gasteiger partial charge in [0.2, 0.25) is 0 Å². The highest BCUT2D eigenvalue weighted by Crippen LogP contribution is 2.14. The van der Waals surface area contributed by atoms with Crippen molar-refractivity contribution in [2.24, 2.45) is 7.05 Å². The molecule has 9 nitrogen and oxygen atoms in total. The molecule has 0 radical (unpaired) electrons. The zero-order valence-corrected chi connectivity index (χ0v) is 12.1. The van der Waals surface area contributed by atoms with Gasteiger partial charge in [0.1, 0.15) is 18.1 Å². The minimum Gasteiger partial charge on any atom is -0.349 e. The largest absolute Gasteiger partial charge is 0.349 e. The fraction of sp³-hybridized carbons (Fsp3) is 0.300. The molecule has 2 rings (SSSR count). The second kappa shape index (κ2) is 5.82. The summed E-state index contributed by atoms with van der Waals surface area (Å²) < 4.78 is 3.46. The third kappa shape index (κ3) is 3.02. The van der Waals surface area contributed by atoms with Crippen LogP contribution in [-0.4, -0.2) is 36.9 Å². The van der Waals surface area contributed by atoms with Crippen LogP contribution in [0.2, 0.25) is 0 Å². The van der Waals surface area contributed by atoms with Gasteiger partial charge in [-0.2, -0.15) is 10.2 Å². The molecule has 2 aromatic rings. The first-order valence-corrected chi connectivity index (χ1v) is 6.41. The van der Waals surface area contributed by atoms with Crippen LogP contribution in [0.1, 0.15) is 10.5 Å². The summed E-state index contributed by atoms with van der Waals surface area (Å²) in [4.78, 5) is 21.9. The zero-order valence-electron chi connectivity index (χ0n) is 10.5. The third-order valence-electron chi connectivity index (χ3n) is 2.57. The van der Waals surface area contributed by atoms with Gasteiger partial charge in [-0.05, 0) is 15.9 Å². The summed E-state index contributed by atoms with van der Waals surface area (Å²) in [6, 6.07) is 0. The van der Waals surface area contributed by atoms with Crippen molar-refractivity contribution in [3.8, 4) is 0 Å². The van der Waals surface area contributed by atoms with Crippen LogP contribution in [-0.2, 0) is 13.6 Å². The van der Waals surface area contributed by atoms with E-state index in [1.807, 2.05) is 0 Å². The Labute approximate surface area is 121 Å². The molecule has 0 atom stereocenters. The Morgan fingerprint density at radius 2 is 2.25 bits per heavy atom. The molecule has 0 fully saturated rings. The molecule has 0 saturated heterocycles. The number of rotatable bonds is 5. The third-order valence-corrected chi connectivity index (χ3v) is 3.15. The van der Waals surface area contributed by atoms with Gasteiger partial charge in [-0.1, -0.05) is 0 Å². The molecule has 0 aromatic carbocycles. The summed E-state index contributed by atoms with van der Waals surface area (Å²) in [5.41, 5.74) is 0.335. The number of aromatic nitrogens is 4. The van der Waals surface area contributed by atoms with E-state index in [1.54, 1.807) is 7.05 Å². The molecule has 0 unspecified atom stereocenters. The Kier molecular flexibility index (Phi) is 4.13. The van der Waals surface area contributed by atoms with Crippen molar-refractivity contribution in [2.45, 2.75) is 6.54 Å². The van der Waals surface area contributed by atoms with Crippen molar-refractivity contribution in [2.75, 3.05) is 6.54 Å². The molecule has 0 aliphatic carbocycles. The van der Waals surface area contributed by atoms with Crippen LogP contribution in [0.3, 0.4) is 0 Å². The van der Waals surface area contributed by atoms with Gasteiger partial charge < -0.3 is 5.32 Å². The second-order valence-electron chi connectivity index (χ2n) is 3.94. The van der Waals surface area contributed by atoms with Gasteiger partial charge in [-0.15, -0.1) is 0 Å². The van der Waals surface area contributed by atoms with Crippen LogP contribution in [0, 0.1) is 10.1 Å². The predicted molar refractivity (Wildman–Crippen MR) is 72.1 cm³/mol. The van der Waals surface area contributed by atoms with Crippen LogP contribution in [0.5, 0.6) is 0 Å². The number of carbonyl (C=O) groups is 1. The summed E-state index contributed by atoms with van der Waals surface area (Å²) in [5.74, 6) is -0.279. The van der Waals surface area contributed by atoms with Gasteiger partial charge in [0.15, 0.2) is 0 Å². The maximum absolute atomic E-state index is 11.9. The van der Waals surface area contributed by atoms with E-state index in [2.05, 4.69) is 31.4 Å². The fourth-order valence-corrected chi connectivity index (χ4v) is 2.13. The molecule has 2 aromatic heterocycles. The molecule has 0 spiro atoms. The molecule has 0 saturated carbocycles. The standard InChI is InChI=1S/C10H11BrN6O3/c1-15-9(8(11)5-13-15)10(18)12-2-3-16-6-7(4-14-16)17(19)20/h4-6H,2-3H2,1H3,(H,12,18). The SMILES string of the molecule is Cn1ncc(Br)c1C(=O)NCCn1cc([N+](=O)[O-])cn1. The zero-order chi connectivity index (χ0) is 14.7. The van der Waals surface area contributed by atoms with Crippen molar-refractivity contribution < 1.29 is 9.72 Å². The van der Waals surface area contributed by atoms with Gasteiger partial charge in [-0.25, -0.2) is 0 Å². The summed E-state index contributed by atoms with van der Waals surface area (Å²) in [6.07, 6.45) is 4.01. The van der Waals surface area contributed by atoms with Crippen LogP contribution >= 0.6 is 15.9 Å². The maximum Gasteiger partial charge on any atom is 0.306 e. The number of nitro groups is 1. The number of hydrogen-bond donors (Lipinski definition) is 1. The number of carbonyl (C=O) groups excluding carboxylic acids is 1. The fourth-order valence-electron chi connectivity index (χ4n) is 1.60. The van der Waals surface area contributed by atoms with Crippen molar-refractivity contribution in [1.29, 1.82) is 0 Å². The van der Waals surface area contributed by atoms with Crippen molar-refractivity contribution >= 4 is 27.5 Å². The van der Waals surface area contributed by atoms with Gasteiger partial charge >= 0.3 is 5.69 Å². The molecule has 10 heteroatoms. The van der Waals surface area contributed by atoms with Gasteiger partial charge in [0, 0.05) is 13.6 Å². The lowest BCUT2D eigenvalue weighted by atomic mass is 10.4. The number of aryl methyl sites for hydroxylation is 1. The molecule has 0 aliphatic rings. The van der Waals surface area contributed by atoms with E-state index in [-0.39, 0.29) is 11.6 Å². The van der Waals surface area contributed by atoms with Crippen LogP contribution in [0.15, 0.2) is 23.1 Å². The smallest absolute Gasteiger partial charge is 0.306 e. The van der Waals surface area contributed by atoms with E-state index in [9.17, 15) is 14.9 Å². The Morgan fingerprint density at radius 1 is 1.50 bits per heavy atom. The lowest BCUT2D eigenvalue weighted by Gasteiger charge is -2.06. The molecular weight excluding hydrogens is 332 g/mol. The monoisotopic (exact) mass is 342 g/mol. The van der Waals surface area contributed by atoms with E-state index < -0.39 is 4.92 Å². The van der Waals surface area contributed by atoms with E-state index in [0.717, 1.165) is 0 Å². The predicted octanol–water partition coefficient (Wildman–Crippen LogP) is 0.717. The van der Waals surface area contributed by atoms with Gasteiger partial charge in [0.25, 0.3) is 5.91 Å². The first kappa shape index (κ1) is 14.2. The van der Waals surface area contributed by atoms with Crippen molar-refractivity contribution in [3.05, 3.63) is 38.9 Å². The van der Waals surface area contributed by atoms with E-state index in [1.165, 1.54) is 28.0 Å². The Hall–Kier alpha value is -2.23. The van der Waals surface area contributed by atoms with E-state index in [4.69, 9.17) is 0 Å². The van der Waals surface area contributed by atoms with Gasteiger partial charge in [0.05, 0.1) is 22.1 Å². The highest BCUT2D eigenvalue weighted by atomic mass is 79.9. The van der Waals surface area contributed by atoms with Crippen LogP contribution < -0.4 is 5.32 Å². The summed E-state index contributed by atoms with van der Waals surface area (Å²) >= 11 is 3.24. The van der Waals surface area contributed by atoms with Crippen LogP contribution in [0.25, 0.3) is 0 Å². The number of hydrogen-bond acceptors (Lipinski definition) is 5. The first-order chi connectivity index (χ1) is 9.49. The number of halogens is 1. The highest BCUT2D eigenvalue weighted by molar-refractivity contribution is 9.10. The molecule has 0 aliphatic heterocycles. The van der Waals surface area contributed by atoms with Gasteiger partial charge in [-0.3, -0.25) is 24.3 Å². The summed E-state index contributed by atoms with van der Waals surface area (Å²) in [6.45, 7) is 0.643. The molecule has 1 amide bonds. The Morgan fingerprint density at radius 3 is 2.80 bits per heavy atom. The van der Waals surface area contributed by atoms with Crippen LogP contribution in [0.4, 0.5) is 5.69 Å². The molecule has 106 valence electrons. The molecular formula is C10H11BrN6O3. The number of amides is 1. The lowest BCUT2D eigenvalue weighted by molar-refractivity contribution is -0.385. The summed E-state index contributed by atoms with van der Waals surface area (Å²) in [5, 5.41) is 21.0. The Balaban J connectivity index is 1.89. The van der Waals surface area contributed by atoms with Crippen molar-refractivity contribution in [3.63, 3.8) is 0 Å². The van der Waals surface area contributed by atoms with Crippen molar-refractivity contribution in [1.82, 2.24) is 24.9 Å². The Bertz CT molecular complexity index is 630. The minimum absolute atomic E-state index is 0.0781. The molecule has 20 heavy (non-hydrogen) atoms. The summed E-state index contributed by atoms with van der Waals surface area (Å²) in [7, 11) is 1.66. The lowest BCUT2D eigenvalue weighted by Crippen LogP contribution is -2.29. The average molecular weight is 343 g/mol. The molecule has 2 heterocycles. The highest BCUT2D eigenvalue weighted by Gasteiger charge is 2.15. The average Bonchev–Trinajstić information content (AvgIpc) is 2.97. The number of nitrogens with one attached hydrogen (secondary N) is 1. The first-order valence-electron chi connectivity index (χ1n) is 5.61. The van der Waals surface area contributed by atoms with E-state index >= 15 is 0 Å². The van der Waals surface area contributed by atoms with E-state index in [0.29, 0.717) is 23.3 Å². The maximum atomic E-state index is 11.9. The molecule has 1 N–H and O–H groups in total. The topological polar surface area (TPSA) is 108 Å². The number of nitrogens with zero attached hydrogens (tertiary/aromatic N) is 5. The second-order valence-corrected chi connectivity index (χ2v) is 4.79.